The average Bonchev–Trinajstić information content (AvgIpc) is 2.84. The molecule has 0 fully saturated rings. The number of carbonyl (C=O) groups is 1. The van der Waals surface area contributed by atoms with Gasteiger partial charge in [-0.15, -0.1) is 10.2 Å². The number of nitrogens with zero attached hydrogens (tertiary/aromatic N) is 2. The highest BCUT2D eigenvalue weighted by Crippen LogP contribution is 2.16. The molecule has 19 heavy (non-hydrogen) atoms. The summed E-state index contributed by atoms with van der Waals surface area (Å²) in [5, 5.41) is 24.6. The summed E-state index contributed by atoms with van der Waals surface area (Å²) in [7, 11) is 0. The van der Waals surface area contributed by atoms with Gasteiger partial charge >= 0.3 is 6.03 Å². The number of rotatable bonds is 7. The molecule has 0 bridgehead atoms. The molecule has 0 aliphatic heterocycles. The second-order valence-corrected chi connectivity index (χ2v) is 5.55. The molecule has 7 heteroatoms. The SMILES string of the molecule is CCCc1nnc(NC(=O)NCC(O)(CC)CC)s1. The molecule has 0 aliphatic carbocycles. The first-order valence-electron chi connectivity index (χ1n) is 6.62. The predicted octanol–water partition coefficient (Wildman–Crippen LogP) is 2.16. The van der Waals surface area contributed by atoms with Gasteiger partial charge in [0.15, 0.2) is 0 Å². The van der Waals surface area contributed by atoms with Crippen LogP contribution in [-0.2, 0) is 6.42 Å². The monoisotopic (exact) mass is 286 g/mol. The molecular weight excluding hydrogens is 264 g/mol. The fourth-order valence-corrected chi connectivity index (χ4v) is 2.34. The number of amides is 2. The van der Waals surface area contributed by atoms with E-state index in [9.17, 15) is 9.90 Å². The average molecular weight is 286 g/mol. The lowest BCUT2D eigenvalue weighted by molar-refractivity contribution is 0.0354. The molecule has 1 aromatic rings. The van der Waals surface area contributed by atoms with Crippen LogP contribution in [0.3, 0.4) is 0 Å². The van der Waals surface area contributed by atoms with Crippen LogP contribution in [0.5, 0.6) is 0 Å². The first-order valence-corrected chi connectivity index (χ1v) is 7.44. The van der Waals surface area contributed by atoms with Crippen molar-refractivity contribution >= 4 is 22.5 Å². The molecule has 0 radical (unpaired) electrons. The normalized spacial score (nSPS) is 11.4. The van der Waals surface area contributed by atoms with E-state index in [2.05, 4.69) is 27.8 Å². The molecule has 0 aliphatic rings. The van der Waals surface area contributed by atoms with Gasteiger partial charge in [-0.3, -0.25) is 5.32 Å². The maximum Gasteiger partial charge on any atom is 0.321 e. The van der Waals surface area contributed by atoms with Crippen LogP contribution < -0.4 is 10.6 Å². The highest BCUT2D eigenvalue weighted by molar-refractivity contribution is 7.15. The van der Waals surface area contributed by atoms with Crippen LogP contribution in [0.1, 0.15) is 45.0 Å². The van der Waals surface area contributed by atoms with Gasteiger partial charge in [0.05, 0.1) is 5.60 Å². The summed E-state index contributed by atoms with van der Waals surface area (Å²) in [5.74, 6) is 0. The summed E-state index contributed by atoms with van der Waals surface area (Å²) in [6.07, 6.45) is 3.07. The number of aliphatic hydroxyl groups is 1. The van der Waals surface area contributed by atoms with Crippen molar-refractivity contribution in [3.8, 4) is 0 Å². The Morgan fingerprint density at radius 1 is 1.32 bits per heavy atom. The fourth-order valence-electron chi connectivity index (χ4n) is 1.51. The number of hydrogen-bond acceptors (Lipinski definition) is 5. The van der Waals surface area contributed by atoms with Gasteiger partial charge in [0.2, 0.25) is 5.13 Å². The largest absolute Gasteiger partial charge is 0.388 e. The van der Waals surface area contributed by atoms with Gasteiger partial charge in [-0.1, -0.05) is 32.1 Å². The molecule has 3 N–H and O–H groups in total. The third-order valence-corrected chi connectivity index (χ3v) is 3.94. The topological polar surface area (TPSA) is 87.1 Å². The first-order chi connectivity index (χ1) is 9.03. The molecule has 0 unspecified atom stereocenters. The quantitative estimate of drug-likeness (QED) is 0.717. The van der Waals surface area contributed by atoms with Crippen LogP contribution in [0.15, 0.2) is 0 Å². The Morgan fingerprint density at radius 3 is 2.58 bits per heavy atom. The molecule has 1 aromatic heterocycles. The number of urea groups is 1. The maximum atomic E-state index is 11.7. The van der Waals surface area contributed by atoms with Gasteiger partial charge in [-0.2, -0.15) is 0 Å². The zero-order valence-electron chi connectivity index (χ0n) is 11.7. The number of hydrogen-bond donors (Lipinski definition) is 3. The molecule has 0 atom stereocenters. The summed E-state index contributed by atoms with van der Waals surface area (Å²) in [6.45, 7) is 6.08. The molecule has 6 nitrogen and oxygen atoms in total. The number of aromatic nitrogens is 2. The van der Waals surface area contributed by atoms with Crippen molar-refractivity contribution in [1.82, 2.24) is 15.5 Å². The van der Waals surface area contributed by atoms with Gasteiger partial charge in [0.25, 0.3) is 0 Å². The summed E-state index contributed by atoms with van der Waals surface area (Å²) >= 11 is 1.37. The van der Waals surface area contributed by atoms with Gasteiger partial charge in [-0.25, -0.2) is 4.79 Å². The Morgan fingerprint density at radius 2 is 2.00 bits per heavy atom. The Kier molecular flexibility index (Phi) is 6.17. The van der Waals surface area contributed by atoms with E-state index in [0.717, 1.165) is 17.8 Å². The highest BCUT2D eigenvalue weighted by Gasteiger charge is 2.22. The summed E-state index contributed by atoms with van der Waals surface area (Å²) in [4.78, 5) is 11.7. The lowest BCUT2D eigenvalue weighted by Crippen LogP contribution is -2.43. The van der Waals surface area contributed by atoms with Crippen LogP contribution in [0, 0.1) is 0 Å². The molecule has 0 aromatic carbocycles. The minimum absolute atomic E-state index is 0.229. The Balaban J connectivity index is 2.42. The lowest BCUT2D eigenvalue weighted by Gasteiger charge is -2.25. The Hall–Kier alpha value is -1.21. The van der Waals surface area contributed by atoms with Crippen molar-refractivity contribution in [3.05, 3.63) is 5.01 Å². The molecule has 0 saturated heterocycles. The van der Waals surface area contributed by atoms with E-state index in [0.29, 0.717) is 18.0 Å². The standard InChI is InChI=1S/C12H22N4O2S/c1-4-7-9-15-16-11(19-9)14-10(17)13-8-12(18,5-2)6-3/h18H,4-8H2,1-3H3,(H2,13,14,16,17). The van der Waals surface area contributed by atoms with E-state index in [1.165, 1.54) is 11.3 Å². The van der Waals surface area contributed by atoms with Crippen LogP contribution in [-0.4, -0.2) is 33.5 Å². The van der Waals surface area contributed by atoms with E-state index in [4.69, 9.17) is 0 Å². The number of carbonyl (C=O) groups excluding carboxylic acids is 1. The first kappa shape index (κ1) is 15.8. The van der Waals surface area contributed by atoms with Crippen molar-refractivity contribution in [2.45, 2.75) is 52.1 Å². The van der Waals surface area contributed by atoms with E-state index in [1.54, 1.807) is 0 Å². The van der Waals surface area contributed by atoms with Gasteiger partial charge < -0.3 is 10.4 Å². The van der Waals surface area contributed by atoms with Crippen molar-refractivity contribution < 1.29 is 9.90 Å². The fraction of sp³-hybridized carbons (Fsp3) is 0.750. The van der Waals surface area contributed by atoms with Crippen LogP contribution >= 0.6 is 11.3 Å². The molecule has 0 saturated carbocycles. The minimum atomic E-state index is -0.841. The summed E-state index contributed by atoms with van der Waals surface area (Å²) in [5.41, 5.74) is -0.841. The maximum absolute atomic E-state index is 11.7. The van der Waals surface area contributed by atoms with E-state index < -0.39 is 5.60 Å². The van der Waals surface area contributed by atoms with Gasteiger partial charge in [0, 0.05) is 13.0 Å². The third-order valence-electron chi connectivity index (χ3n) is 3.05. The highest BCUT2D eigenvalue weighted by atomic mass is 32.1. The zero-order chi connectivity index (χ0) is 14.3. The molecule has 0 spiro atoms. The van der Waals surface area contributed by atoms with E-state index in [1.807, 2.05) is 13.8 Å². The molecule has 1 heterocycles. The van der Waals surface area contributed by atoms with Gasteiger partial charge in [0.1, 0.15) is 5.01 Å². The Bertz CT molecular complexity index is 404. The van der Waals surface area contributed by atoms with Crippen molar-refractivity contribution in [2.75, 3.05) is 11.9 Å². The second kappa shape index (κ2) is 7.40. The van der Waals surface area contributed by atoms with Gasteiger partial charge in [-0.05, 0) is 19.3 Å². The summed E-state index contributed by atoms with van der Waals surface area (Å²) in [6, 6.07) is -0.362. The second-order valence-electron chi connectivity index (χ2n) is 4.49. The van der Waals surface area contributed by atoms with Crippen molar-refractivity contribution in [2.24, 2.45) is 0 Å². The number of anilines is 1. The number of nitrogens with one attached hydrogen (secondary N) is 2. The zero-order valence-corrected chi connectivity index (χ0v) is 12.5. The summed E-state index contributed by atoms with van der Waals surface area (Å²) < 4.78 is 0. The van der Waals surface area contributed by atoms with E-state index >= 15 is 0 Å². The predicted molar refractivity (Wildman–Crippen MR) is 76.5 cm³/mol. The van der Waals surface area contributed by atoms with Crippen LogP contribution in [0.2, 0.25) is 0 Å². The van der Waals surface area contributed by atoms with Crippen molar-refractivity contribution in [3.63, 3.8) is 0 Å². The van der Waals surface area contributed by atoms with E-state index in [-0.39, 0.29) is 12.6 Å². The number of aryl methyl sites for hydroxylation is 1. The molecule has 1 rings (SSSR count). The van der Waals surface area contributed by atoms with Crippen molar-refractivity contribution in [1.29, 1.82) is 0 Å². The minimum Gasteiger partial charge on any atom is -0.388 e. The molecule has 108 valence electrons. The Labute approximate surface area is 117 Å². The van der Waals surface area contributed by atoms with Crippen LogP contribution in [0.4, 0.5) is 9.93 Å². The third kappa shape index (κ3) is 5.12. The van der Waals surface area contributed by atoms with Crippen LogP contribution in [0.25, 0.3) is 0 Å². The lowest BCUT2D eigenvalue weighted by atomic mass is 9.98. The molecular formula is C12H22N4O2S. The molecule has 2 amide bonds. The smallest absolute Gasteiger partial charge is 0.321 e.